The van der Waals surface area contributed by atoms with Crippen LogP contribution in [0.3, 0.4) is 0 Å². The number of anilines is 2. The first-order valence-corrected chi connectivity index (χ1v) is 6.52. The molecule has 0 fully saturated rings. The van der Waals surface area contributed by atoms with Crippen LogP contribution in [0.5, 0.6) is 0 Å². The van der Waals surface area contributed by atoms with Crippen LogP contribution in [0.2, 0.25) is 0 Å². The number of nitrogens with two attached hydrogens (primary N) is 1. The van der Waals surface area contributed by atoms with Gasteiger partial charge in [-0.2, -0.15) is 0 Å². The second kappa shape index (κ2) is 5.23. The number of nitro groups is 1. The molecule has 100 valence electrons. The van der Waals surface area contributed by atoms with E-state index < -0.39 is 4.92 Å². The smallest absolute Gasteiger partial charge is 0.315 e. The summed E-state index contributed by atoms with van der Waals surface area (Å²) in [5, 5.41) is 14.0. The predicted octanol–water partition coefficient (Wildman–Crippen LogP) is 2.58. The molecule has 1 aromatic heterocycles. The number of nitrogen functional groups attached to an aromatic ring is 1. The number of aryl methyl sites for hydroxylation is 1. The summed E-state index contributed by atoms with van der Waals surface area (Å²) in [4.78, 5) is 16.8. The van der Waals surface area contributed by atoms with Gasteiger partial charge in [-0.15, -0.1) is 11.3 Å². The molecule has 6 nitrogen and oxygen atoms in total. The minimum absolute atomic E-state index is 0.0584. The molecule has 2 aromatic rings. The Bertz CT molecular complexity index is 612. The fourth-order valence-corrected chi connectivity index (χ4v) is 2.47. The van der Waals surface area contributed by atoms with E-state index in [0.29, 0.717) is 12.2 Å². The summed E-state index contributed by atoms with van der Waals surface area (Å²) in [5.74, 6) is 0. The quantitative estimate of drug-likeness (QED) is 0.528. The van der Waals surface area contributed by atoms with Crippen LogP contribution in [0.4, 0.5) is 17.1 Å². The minimum atomic E-state index is -0.451. The number of hydrogen-bond acceptors (Lipinski definition) is 6. The third kappa shape index (κ3) is 2.82. The van der Waals surface area contributed by atoms with Crippen LogP contribution in [-0.2, 0) is 6.54 Å². The fourth-order valence-electron chi connectivity index (χ4n) is 1.86. The Morgan fingerprint density at radius 2 is 2.26 bits per heavy atom. The number of rotatable bonds is 4. The lowest BCUT2D eigenvalue weighted by Gasteiger charge is -2.18. The van der Waals surface area contributed by atoms with Gasteiger partial charge < -0.3 is 10.6 Å². The van der Waals surface area contributed by atoms with Gasteiger partial charge in [0, 0.05) is 12.4 Å². The van der Waals surface area contributed by atoms with Crippen molar-refractivity contribution < 1.29 is 4.92 Å². The summed E-state index contributed by atoms with van der Waals surface area (Å²) in [5.41, 5.74) is 7.17. The minimum Gasteiger partial charge on any atom is -0.393 e. The van der Waals surface area contributed by atoms with Crippen LogP contribution < -0.4 is 10.6 Å². The van der Waals surface area contributed by atoms with Gasteiger partial charge in [-0.05, 0) is 19.1 Å². The van der Waals surface area contributed by atoms with Gasteiger partial charge in [0.05, 0.1) is 22.2 Å². The maximum absolute atomic E-state index is 11.1. The second-order valence-electron chi connectivity index (χ2n) is 4.19. The topological polar surface area (TPSA) is 85.3 Å². The van der Waals surface area contributed by atoms with Gasteiger partial charge in [0.25, 0.3) is 0 Å². The molecule has 0 radical (unpaired) electrons. The van der Waals surface area contributed by atoms with E-state index in [9.17, 15) is 10.1 Å². The van der Waals surface area contributed by atoms with Crippen molar-refractivity contribution in [3.63, 3.8) is 0 Å². The molecule has 0 aliphatic heterocycles. The Labute approximate surface area is 114 Å². The molecule has 0 unspecified atom stereocenters. The van der Waals surface area contributed by atoms with E-state index in [-0.39, 0.29) is 11.4 Å². The number of hydrogen-bond donors (Lipinski definition) is 1. The molecule has 2 rings (SSSR count). The number of thiazole rings is 1. The van der Waals surface area contributed by atoms with E-state index in [1.807, 2.05) is 12.3 Å². The van der Waals surface area contributed by atoms with Crippen molar-refractivity contribution in [2.45, 2.75) is 13.5 Å². The highest BCUT2D eigenvalue weighted by Gasteiger charge is 2.20. The molecule has 1 aromatic carbocycles. The molecule has 0 spiro atoms. The Morgan fingerprint density at radius 1 is 1.53 bits per heavy atom. The Balaban J connectivity index is 2.31. The molecule has 2 N–H and O–H groups in total. The molecular formula is C12H14N4O2S. The van der Waals surface area contributed by atoms with Crippen molar-refractivity contribution in [2.24, 2.45) is 0 Å². The zero-order valence-corrected chi connectivity index (χ0v) is 11.5. The molecule has 0 atom stereocenters. The summed E-state index contributed by atoms with van der Waals surface area (Å²) < 4.78 is 0. The second-order valence-corrected chi connectivity index (χ2v) is 5.25. The lowest BCUT2D eigenvalue weighted by Crippen LogP contribution is -2.18. The first-order chi connectivity index (χ1) is 8.99. The molecule has 0 saturated carbocycles. The number of aromatic nitrogens is 1. The molecular weight excluding hydrogens is 264 g/mol. The largest absolute Gasteiger partial charge is 0.393 e. The van der Waals surface area contributed by atoms with Crippen LogP contribution in [0, 0.1) is 17.0 Å². The molecule has 7 heteroatoms. The highest BCUT2D eigenvalue weighted by atomic mass is 32.1. The third-order valence-corrected chi connectivity index (χ3v) is 3.53. The maximum atomic E-state index is 11.1. The van der Waals surface area contributed by atoms with Crippen molar-refractivity contribution >= 4 is 28.4 Å². The van der Waals surface area contributed by atoms with Gasteiger partial charge in [-0.1, -0.05) is 6.07 Å². The van der Waals surface area contributed by atoms with Gasteiger partial charge in [0.15, 0.2) is 0 Å². The molecule has 0 bridgehead atoms. The first-order valence-electron chi connectivity index (χ1n) is 5.64. The van der Waals surface area contributed by atoms with Crippen LogP contribution in [-0.4, -0.2) is 17.0 Å². The summed E-state index contributed by atoms with van der Waals surface area (Å²) in [6.07, 6.45) is 0. The highest BCUT2D eigenvalue weighted by molar-refractivity contribution is 7.09. The van der Waals surface area contributed by atoms with E-state index in [1.165, 1.54) is 6.07 Å². The zero-order valence-electron chi connectivity index (χ0n) is 10.7. The van der Waals surface area contributed by atoms with Crippen LogP contribution in [0.1, 0.15) is 10.7 Å². The summed E-state index contributed by atoms with van der Waals surface area (Å²) in [6.45, 7) is 2.44. The van der Waals surface area contributed by atoms with Gasteiger partial charge in [-0.3, -0.25) is 10.1 Å². The number of nitrogens with zero attached hydrogens (tertiary/aromatic N) is 3. The number of benzene rings is 1. The van der Waals surface area contributed by atoms with Crippen molar-refractivity contribution in [1.29, 1.82) is 0 Å². The average Bonchev–Trinajstić information content (AvgIpc) is 2.73. The number of nitro benzene ring substituents is 1. The van der Waals surface area contributed by atoms with Crippen LogP contribution in [0.15, 0.2) is 23.6 Å². The van der Waals surface area contributed by atoms with E-state index >= 15 is 0 Å². The summed E-state index contributed by atoms with van der Waals surface area (Å²) >= 11 is 1.56. The van der Waals surface area contributed by atoms with Crippen LogP contribution in [0.25, 0.3) is 0 Å². The molecule has 0 aliphatic rings. The van der Waals surface area contributed by atoms with E-state index in [2.05, 4.69) is 4.98 Å². The Morgan fingerprint density at radius 3 is 2.84 bits per heavy atom. The Kier molecular flexibility index (Phi) is 3.66. The number of para-hydroxylation sites is 1. The van der Waals surface area contributed by atoms with Crippen molar-refractivity contribution in [3.05, 3.63) is 44.4 Å². The third-order valence-electron chi connectivity index (χ3n) is 2.71. The van der Waals surface area contributed by atoms with Crippen molar-refractivity contribution in [2.75, 3.05) is 17.7 Å². The maximum Gasteiger partial charge on any atom is 0.315 e. The lowest BCUT2D eigenvalue weighted by atomic mass is 10.2. The monoisotopic (exact) mass is 278 g/mol. The van der Waals surface area contributed by atoms with Gasteiger partial charge in [0.1, 0.15) is 11.4 Å². The normalized spacial score (nSPS) is 10.4. The first kappa shape index (κ1) is 13.3. The van der Waals surface area contributed by atoms with Crippen molar-refractivity contribution in [3.8, 4) is 0 Å². The van der Waals surface area contributed by atoms with E-state index in [0.717, 1.165) is 10.7 Å². The Hall–Kier alpha value is -2.15. The predicted molar refractivity (Wildman–Crippen MR) is 76.5 cm³/mol. The average molecular weight is 278 g/mol. The van der Waals surface area contributed by atoms with Gasteiger partial charge in [0.2, 0.25) is 0 Å². The van der Waals surface area contributed by atoms with Gasteiger partial charge >= 0.3 is 5.69 Å². The molecule has 0 aliphatic carbocycles. The summed E-state index contributed by atoms with van der Waals surface area (Å²) in [7, 11) is 1.79. The van der Waals surface area contributed by atoms with E-state index in [1.54, 1.807) is 35.4 Å². The summed E-state index contributed by atoms with van der Waals surface area (Å²) in [6, 6.07) is 4.93. The SMILES string of the molecule is Cc1nc(CN(C)c2cccc(N)c2[N+](=O)[O-])cs1. The zero-order chi connectivity index (χ0) is 14.0. The van der Waals surface area contributed by atoms with Crippen molar-refractivity contribution in [1.82, 2.24) is 4.98 Å². The lowest BCUT2D eigenvalue weighted by molar-refractivity contribution is -0.383. The van der Waals surface area contributed by atoms with Crippen LogP contribution >= 0.6 is 11.3 Å². The standard InChI is InChI=1S/C12H14N4O2S/c1-8-14-9(7-19-8)6-15(2)11-5-3-4-10(13)12(11)16(17)18/h3-5,7H,6,13H2,1-2H3. The highest BCUT2D eigenvalue weighted by Crippen LogP contribution is 2.33. The fraction of sp³-hybridized carbons (Fsp3) is 0.250. The van der Waals surface area contributed by atoms with Gasteiger partial charge in [-0.25, -0.2) is 4.98 Å². The molecule has 19 heavy (non-hydrogen) atoms. The molecule has 1 heterocycles. The molecule has 0 saturated heterocycles. The molecule has 0 amide bonds. The van der Waals surface area contributed by atoms with E-state index in [4.69, 9.17) is 5.73 Å².